The first-order valence-corrected chi connectivity index (χ1v) is 8.74. The largest absolute Gasteiger partial charge is 0.357 e. The van der Waals surface area contributed by atoms with Gasteiger partial charge >= 0.3 is 0 Å². The topological polar surface area (TPSA) is 75.3 Å². The normalized spacial score (nSPS) is 11.9. The fraction of sp³-hybridized carbons (Fsp3) is 0.562. The highest BCUT2D eigenvalue weighted by atomic mass is 127. The van der Waals surface area contributed by atoms with Crippen molar-refractivity contribution >= 4 is 41.3 Å². The Morgan fingerprint density at radius 3 is 2.75 bits per heavy atom. The molecule has 24 heavy (non-hydrogen) atoms. The molecule has 2 rings (SSSR count). The number of halogens is 1. The number of thiophene rings is 1. The third-order valence-corrected chi connectivity index (χ3v) is 4.60. The van der Waals surface area contributed by atoms with Crippen LogP contribution in [0.2, 0.25) is 0 Å². The third-order valence-electron chi connectivity index (χ3n) is 3.37. The van der Waals surface area contributed by atoms with Crippen molar-refractivity contribution in [1.29, 1.82) is 0 Å². The minimum atomic E-state index is 0. The standard InChI is InChI=1S/C16H25N5OS.HI/c1-5-17-15(18-9-8-14-20-12(2)21-22-14)19-11-16(3,4)13-7-6-10-23-13;/h6-7,10H,5,8-9,11H2,1-4H3,(H2,17,18,19);1H. The van der Waals surface area contributed by atoms with Crippen molar-refractivity contribution in [1.82, 2.24) is 20.8 Å². The van der Waals surface area contributed by atoms with Crippen LogP contribution in [0.1, 0.15) is 37.4 Å². The molecular weight excluding hydrogens is 437 g/mol. The van der Waals surface area contributed by atoms with Gasteiger partial charge in [-0.05, 0) is 25.3 Å². The summed E-state index contributed by atoms with van der Waals surface area (Å²) in [6, 6.07) is 4.25. The average molecular weight is 463 g/mol. The molecule has 2 N–H and O–H groups in total. The van der Waals surface area contributed by atoms with Gasteiger partial charge in [-0.2, -0.15) is 4.98 Å². The van der Waals surface area contributed by atoms with Crippen molar-refractivity contribution < 1.29 is 4.52 Å². The summed E-state index contributed by atoms with van der Waals surface area (Å²) in [5.74, 6) is 2.12. The van der Waals surface area contributed by atoms with Crippen LogP contribution in [0, 0.1) is 6.92 Å². The molecule has 2 heterocycles. The molecule has 2 aromatic heterocycles. The van der Waals surface area contributed by atoms with E-state index in [1.165, 1.54) is 4.88 Å². The third kappa shape index (κ3) is 6.39. The summed E-state index contributed by atoms with van der Waals surface area (Å²) in [5.41, 5.74) is 0.0279. The zero-order valence-corrected chi connectivity index (χ0v) is 17.8. The molecule has 0 radical (unpaired) electrons. The van der Waals surface area contributed by atoms with Crippen LogP contribution in [0.25, 0.3) is 0 Å². The molecule has 0 aliphatic heterocycles. The molecule has 0 saturated heterocycles. The molecular formula is C16H26IN5OS. The minimum absolute atomic E-state index is 0. The van der Waals surface area contributed by atoms with Gasteiger partial charge in [0.25, 0.3) is 0 Å². The van der Waals surface area contributed by atoms with Crippen molar-refractivity contribution in [2.75, 3.05) is 19.6 Å². The molecule has 2 aromatic rings. The lowest BCUT2D eigenvalue weighted by molar-refractivity contribution is 0.374. The van der Waals surface area contributed by atoms with E-state index in [1.54, 1.807) is 11.3 Å². The summed E-state index contributed by atoms with van der Waals surface area (Å²) in [4.78, 5) is 10.3. The second kappa shape index (κ2) is 9.97. The summed E-state index contributed by atoms with van der Waals surface area (Å²) in [5, 5.41) is 12.5. The molecule has 0 aliphatic carbocycles. The summed E-state index contributed by atoms with van der Waals surface area (Å²) < 4.78 is 5.11. The first-order valence-electron chi connectivity index (χ1n) is 7.86. The van der Waals surface area contributed by atoms with Gasteiger partial charge in [0, 0.05) is 29.8 Å². The lowest BCUT2D eigenvalue weighted by Crippen LogP contribution is -2.39. The van der Waals surface area contributed by atoms with Gasteiger partial charge in [0.15, 0.2) is 11.8 Å². The van der Waals surface area contributed by atoms with E-state index in [9.17, 15) is 0 Å². The fourth-order valence-electron chi connectivity index (χ4n) is 2.09. The first kappa shape index (κ1) is 20.9. The quantitative estimate of drug-likeness (QED) is 0.375. The van der Waals surface area contributed by atoms with Gasteiger partial charge in [-0.1, -0.05) is 25.1 Å². The van der Waals surface area contributed by atoms with Crippen LogP contribution in [-0.4, -0.2) is 35.7 Å². The Morgan fingerprint density at radius 1 is 1.38 bits per heavy atom. The van der Waals surface area contributed by atoms with Gasteiger partial charge in [-0.3, -0.25) is 4.99 Å². The van der Waals surface area contributed by atoms with Crippen LogP contribution in [0.5, 0.6) is 0 Å². The van der Waals surface area contributed by atoms with E-state index in [0.29, 0.717) is 24.7 Å². The lowest BCUT2D eigenvalue weighted by atomic mass is 9.92. The number of hydrogen-bond acceptors (Lipinski definition) is 5. The summed E-state index contributed by atoms with van der Waals surface area (Å²) in [7, 11) is 0. The molecule has 6 nitrogen and oxygen atoms in total. The smallest absolute Gasteiger partial charge is 0.228 e. The van der Waals surface area contributed by atoms with E-state index >= 15 is 0 Å². The lowest BCUT2D eigenvalue weighted by Gasteiger charge is -2.21. The van der Waals surface area contributed by atoms with Crippen molar-refractivity contribution in [3.63, 3.8) is 0 Å². The van der Waals surface area contributed by atoms with Crippen LogP contribution in [-0.2, 0) is 11.8 Å². The van der Waals surface area contributed by atoms with Gasteiger partial charge in [0.05, 0.1) is 6.54 Å². The number of hydrogen-bond donors (Lipinski definition) is 2. The maximum atomic E-state index is 5.11. The van der Waals surface area contributed by atoms with E-state index < -0.39 is 0 Å². The highest BCUT2D eigenvalue weighted by Crippen LogP contribution is 2.27. The maximum Gasteiger partial charge on any atom is 0.228 e. The van der Waals surface area contributed by atoms with Gasteiger partial charge in [-0.25, -0.2) is 0 Å². The number of aryl methyl sites for hydroxylation is 1. The Balaban J connectivity index is 0.00000288. The van der Waals surface area contributed by atoms with Crippen molar-refractivity contribution in [2.24, 2.45) is 4.99 Å². The number of nitrogens with one attached hydrogen (secondary N) is 2. The van der Waals surface area contributed by atoms with Gasteiger partial charge in [0.1, 0.15) is 0 Å². The molecule has 0 fully saturated rings. The minimum Gasteiger partial charge on any atom is -0.357 e. The zero-order chi connectivity index (χ0) is 16.7. The van der Waals surface area contributed by atoms with Crippen molar-refractivity contribution in [3.8, 4) is 0 Å². The van der Waals surface area contributed by atoms with Crippen LogP contribution in [0.15, 0.2) is 27.0 Å². The van der Waals surface area contributed by atoms with Crippen LogP contribution >= 0.6 is 35.3 Å². The van der Waals surface area contributed by atoms with Crippen LogP contribution in [0.3, 0.4) is 0 Å². The molecule has 134 valence electrons. The van der Waals surface area contributed by atoms with Crippen LogP contribution in [0.4, 0.5) is 0 Å². The van der Waals surface area contributed by atoms with Gasteiger partial charge in [0.2, 0.25) is 5.89 Å². The molecule has 0 aromatic carbocycles. The molecule has 0 amide bonds. The summed E-state index contributed by atoms with van der Waals surface area (Å²) in [6.07, 6.45) is 0.680. The Kier molecular flexibility index (Phi) is 8.68. The molecule has 0 aliphatic rings. The van der Waals surface area contributed by atoms with E-state index in [4.69, 9.17) is 9.52 Å². The summed E-state index contributed by atoms with van der Waals surface area (Å²) in [6.45, 7) is 10.6. The van der Waals surface area contributed by atoms with Crippen LogP contribution < -0.4 is 10.6 Å². The zero-order valence-electron chi connectivity index (χ0n) is 14.6. The predicted molar refractivity (Wildman–Crippen MR) is 109 cm³/mol. The van der Waals surface area contributed by atoms with Gasteiger partial charge < -0.3 is 15.2 Å². The van der Waals surface area contributed by atoms with Crippen molar-refractivity contribution in [2.45, 2.75) is 39.5 Å². The van der Waals surface area contributed by atoms with E-state index in [2.05, 4.69) is 59.1 Å². The monoisotopic (exact) mass is 463 g/mol. The number of aliphatic imine (C=N–C) groups is 1. The van der Waals surface area contributed by atoms with E-state index in [0.717, 1.165) is 19.0 Å². The number of guanidine groups is 1. The molecule has 8 heteroatoms. The molecule has 0 spiro atoms. The number of aromatic nitrogens is 2. The Hall–Kier alpha value is -1.16. The van der Waals surface area contributed by atoms with Crippen molar-refractivity contribution in [3.05, 3.63) is 34.1 Å². The molecule has 0 bridgehead atoms. The number of nitrogens with zero attached hydrogens (tertiary/aromatic N) is 3. The molecule has 0 atom stereocenters. The van der Waals surface area contributed by atoms with E-state index in [-0.39, 0.29) is 29.4 Å². The second-order valence-corrected chi connectivity index (χ2v) is 6.92. The fourth-order valence-corrected chi connectivity index (χ4v) is 2.93. The Labute approximate surface area is 164 Å². The number of rotatable bonds is 7. The SMILES string of the molecule is CCNC(=NCC(C)(C)c1cccs1)NCCc1nc(C)no1.I. The Morgan fingerprint density at radius 2 is 2.17 bits per heavy atom. The first-order chi connectivity index (χ1) is 11.0. The average Bonchev–Trinajstić information content (AvgIpc) is 3.17. The predicted octanol–water partition coefficient (Wildman–Crippen LogP) is 3.13. The molecule has 0 unspecified atom stereocenters. The highest BCUT2D eigenvalue weighted by molar-refractivity contribution is 14.0. The van der Waals surface area contributed by atoms with E-state index in [1.807, 2.05) is 6.92 Å². The van der Waals surface area contributed by atoms with Gasteiger partial charge in [-0.15, -0.1) is 35.3 Å². The highest BCUT2D eigenvalue weighted by Gasteiger charge is 2.21. The summed E-state index contributed by atoms with van der Waals surface area (Å²) >= 11 is 1.77. The maximum absolute atomic E-state index is 5.11. The molecule has 0 saturated carbocycles. The Bertz CT molecular complexity index is 624. The second-order valence-electron chi connectivity index (χ2n) is 5.97.